The van der Waals surface area contributed by atoms with Gasteiger partial charge in [-0.1, -0.05) is 24.3 Å². The van der Waals surface area contributed by atoms with Crippen LogP contribution in [-0.4, -0.2) is 51.9 Å². The zero-order valence-corrected chi connectivity index (χ0v) is 13.9. The van der Waals surface area contributed by atoms with Crippen molar-refractivity contribution in [2.75, 3.05) is 34.2 Å². The first-order chi connectivity index (χ1) is 9.35. The van der Waals surface area contributed by atoms with Crippen LogP contribution in [0.3, 0.4) is 0 Å². The average molecular weight is 319 g/mol. The van der Waals surface area contributed by atoms with E-state index in [2.05, 4.69) is 0 Å². The summed E-state index contributed by atoms with van der Waals surface area (Å²) in [4.78, 5) is 2.05. The van der Waals surface area contributed by atoms with Gasteiger partial charge in [-0.15, -0.1) is 11.6 Å². The van der Waals surface area contributed by atoms with Crippen molar-refractivity contribution in [2.24, 2.45) is 0 Å². The summed E-state index contributed by atoms with van der Waals surface area (Å²) in [6, 6.07) is 7.40. The SMILES string of the molecule is CN(C)CCCN(C)S(=O)(=O)Cc1cccc(CCl)c1. The van der Waals surface area contributed by atoms with Crippen molar-refractivity contribution >= 4 is 21.6 Å². The minimum absolute atomic E-state index is 0.0240. The van der Waals surface area contributed by atoms with Crippen LogP contribution in [-0.2, 0) is 21.7 Å². The summed E-state index contributed by atoms with van der Waals surface area (Å²) in [5.41, 5.74) is 1.72. The Morgan fingerprint density at radius 2 is 1.75 bits per heavy atom. The summed E-state index contributed by atoms with van der Waals surface area (Å²) in [6.45, 7) is 1.41. The molecule has 1 aromatic rings. The molecule has 0 unspecified atom stereocenters. The van der Waals surface area contributed by atoms with Crippen molar-refractivity contribution < 1.29 is 8.42 Å². The summed E-state index contributed by atoms with van der Waals surface area (Å²) >= 11 is 5.77. The third-order valence-corrected chi connectivity index (χ3v) is 5.19. The highest BCUT2D eigenvalue weighted by Crippen LogP contribution is 2.13. The third-order valence-electron chi connectivity index (χ3n) is 3.05. The second-order valence-corrected chi connectivity index (χ2v) is 7.53. The Balaban J connectivity index is 2.63. The summed E-state index contributed by atoms with van der Waals surface area (Å²) in [6.07, 6.45) is 0.824. The molecule has 0 saturated carbocycles. The first kappa shape index (κ1) is 17.4. The van der Waals surface area contributed by atoms with Gasteiger partial charge in [-0.05, 0) is 38.2 Å². The van der Waals surface area contributed by atoms with Gasteiger partial charge < -0.3 is 4.90 Å². The zero-order chi connectivity index (χ0) is 15.2. The monoisotopic (exact) mass is 318 g/mol. The number of rotatable bonds is 8. The van der Waals surface area contributed by atoms with E-state index in [1.54, 1.807) is 7.05 Å². The third kappa shape index (κ3) is 5.79. The molecule has 0 aliphatic carbocycles. The molecular weight excluding hydrogens is 296 g/mol. The smallest absolute Gasteiger partial charge is 0.218 e. The minimum atomic E-state index is -3.26. The molecule has 0 amide bonds. The first-order valence-corrected chi connectivity index (χ1v) is 8.72. The summed E-state index contributed by atoms with van der Waals surface area (Å²) in [5.74, 6) is 0.419. The topological polar surface area (TPSA) is 40.6 Å². The van der Waals surface area contributed by atoms with E-state index in [0.717, 1.165) is 24.1 Å². The standard InChI is InChI=1S/C14H23ClN2O2S/c1-16(2)8-5-9-17(3)20(18,19)12-14-7-4-6-13(10-14)11-15/h4,6-7,10H,5,8-9,11-12H2,1-3H3. The molecule has 0 atom stereocenters. The van der Waals surface area contributed by atoms with E-state index < -0.39 is 10.0 Å². The van der Waals surface area contributed by atoms with Gasteiger partial charge in [0.2, 0.25) is 10.0 Å². The van der Waals surface area contributed by atoms with Crippen molar-refractivity contribution in [1.29, 1.82) is 0 Å². The van der Waals surface area contributed by atoms with Crippen LogP contribution in [0, 0.1) is 0 Å². The lowest BCUT2D eigenvalue weighted by molar-refractivity contribution is 0.370. The number of sulfonamides is 1. The van der Waals surface area contributed by atoms with Crippen molar-refractivity contribution in [1.82, 2.24) is 9.21 Å². The fourth-order valence-electron chi connectivity index (χ4n) is 1.87. The number of benzene rings is 1. The number of nitrogens with zero attached hydrogens (tertiary/aromatic N) is 2. The number of halogens is 1. The predicted molar refractivity (Wildman–Crippen MR) is 84.4 cm³/mol. The summed E-state index contributed by atoms with van der Waals surface area (Å²) < 4.78 is 25.9. The van der Waals surface area contributed by atoms with E-state index in [1.165, 1.54) is 4.31 Å². The van der Waals surface area contributed by atoms with Crippen molar-refractivity contribution in [3.05, 3.63) is 35.4 Å². The lowest BCUT2D eigenvalue weighted by atomic mass is 10.2. The van der Waals surface area contributed by atoms with Crippen LogP contribution in [0.15, 0.2) is 24.3 Å². The molecule has 1 rings (SSSR count). The predicted octanol–water partition coefficient (Wildman–Crippen LogP) is 2.14. The minimum Gasteiger partial charge on any atom is -0.309 e. The van der Waals surface area contributed by atoms with Gasteiger partial charge in [0.1, 0.15) is 0 Å². The average Bonchev–Trinajstić information content (AvgIpc) is 2.37. The van der Waals surface area contributed by atoms with Crippen LogP contribution in [0.5, 0.6) is 0 Å². The van der Waals surface area contributed by atoms with Crippen LogP contribution < -0.4 is 0 Å². The zero-order valence-electron chi connectivity index (χ0n) is 12.3. The molecule has 114 valence electrons. The van der Waals surface area contributed by atoms with Crippen molar-refractivity contribution in [3.8, 4) is 0 Å². The van der Waals surface area contributed by atoms with Gasteiger partial charge in [-0.3, -0.25) is 0 Å². The summed E-state index contributed by atoms with van der Waals surface area (Å²) in [5, 5.41) is 0. The molecule has 0 radical (unpaired) electrons. The molecule has 0 aliphatic heterocycles. The fourth-order valence-corrected chi connectivity index (χ4v) is 3.27. The van der Waals surface area contributed by atoms with Crippen LogP contribution in [0.2, 0.25) is 0 Å². The van der Waals surface area contributed by atoms with Crippen LogP contribution in [0.1, 0.15) is 17.5 Å². The van der Waals surface area contributed by atoms with Crippen molar-refractivity contribution in [3.63, 3.8) is 0 Å². The number of hydrogen-bond acceptors (Lipinski definition) is 3. The largest absolute Gasteiger partial charge is 0.309 e. The van der Waals surface area contributed by atoms with Crippen LogP contribution in [0.4, 0.5) is 0 Å². The molecule has 0 fully saturated rings. The van der Waals surface area contributed by atoms with E-state index in [0.29, 0.717) is 12.4 Å². The van der Waals surface area contributed by atoms with Gasteiger partial charge in [0.25, 0.3) is 0 Å². The van der Waals surface area contributed by atoms with E-state index >= 15 is 0 Å². The molecule has 0 saturated heterocycles. The number of hydrogen-bond donors (Lipinski definition) is 0. The van der Waals surface area contributed by atoms with Crippen molar-refractivity contribution in [2.45, 2.75) is 18.1 Å². The van der Waals surface area contributed by atoms with E-state index in [9.17, 15) is 8.42 Å². The molecule has 20 heavy (non-hydrogen) atoms. The van der Waals surface area contributed by atoms with Gasteiger partial charge >= 0.3 is 0 Å². The Labute approximate surface area is 127 Å². The summed E-state index contributed by atoms with van der Waals surface area (Å²) in [7, 11) is 2.33. The highest BCUT2D eigenvalue weighted by atomic mass is 35.5. The fraction of sp³-hybridized carbons (Fsp3) is 0.571. The normalized spacial score (nSPS) is 12.3. The Kier molecular flexibility index (Phi) is 6.95. The van der Waals surface area contributed by atoms with Crippen LogP contribution in [0.25, 0.3) is 0 Å². The Bertz CT molecular complexity index is 518. The molecule has 0 bridgehead atoms. The second-order valence-electron chi connectivity index (χ2n) is 5.19. The Morgan fingerprint density at radius 1 is 1.10 bits per heavy atom. The highest BCUT2D eigenvalue weighted by Gasteiger charge is 2.18. The molecule has 0 spiro atoms. The number of alkyl halides is 1. The van der Waals surface area contributed by atoms with Gasteiger partial charge in [-0.2, -0.15) is 0 Å². The molecule has 0 aromatic heterocycles. The molecule has 4 nitrogen and oxygen atoms in total. The van der Waals surface area contributed by atoms with Crippen LogP contribution >= 0.6 is 11.6 Å². The highest BCUT2D eigenvalue weighted by molar-refractivity contribution is 7.88. The van der Waals surface area contributed by atoms with Gasteiger partial charge in [0.15, 0.2) is 0 Å². The lowest BCUT2D eigenvalue weighted by Gasteiger charge is -2.18. The first-order valence-electron chi connectivity index (χ1n) is 6.57. The van der Waals surface area contributed by atoms with Gasteiger partial charge in [-0.25, -0.2) is 12.7 Å². The van der Waals surface area contributed by atoms with E-state index in [-0.39, 0.29) is 5.75 Å². The lowest BCUT2D eigenvalue weighted by Crippen LogP contribution is -2.30. The molecule has 0 aliphatic rings. The maximum atomic E-state index is 12.3. The van der Waals surface area contributed by atoms with Gasteiger partial charge in [0.05, 0.1) is 5.75 Å². The molecule has 0 N–H and O–H groups in total. The Morgan fingerprint density at radius 3 is 2.35 bits per heavy atom. The maximum Gasteiger partial charge on any atom is 0.218 e. The van der Waals surface area contributed by atoms with E-state index in [4.69, 9.17) is 11.6 Å². The Hall–Kier alpha value is -0.620. The van der Waals surface area contributed by atoms with Gasteiger partial charge in [0, 0.05) is 19.5 Å². The van der Waals surface area contributed by atoms with E-state index in [1.807, 2.05) is 43.3 Å². The molecule has 0 heterocycles. The maximum absolute atomic E-state index is 12.3. The molecular formula is C14H23ClN2O2S. The second kappa shape index (κ2) is 7.98. The quantitative estimate of drug-likeness (QED) is 0.690. The molecule has 1 aromatic carbocycles. The molecule has 6 heteroatoms.